The average Bonchev–Trinajstić information content (AvgIpc) is 3.76. The third-order valence-electron chi connectivity index (χ3n) is 6.56. The van der Waals surface area contributed by atoms with E-state index in [9.17, 15) is 18.3 Å². The summed E-state index contributed by atoms with van der Waals surface area (Å²) in [6, 6.07) is 3.38. The second-order valence-electron chi connectivity index (χ2n) is 10.0. The largest absolute Gasteiger partial charge is 0.391 e. The maximum atomic E-state index is 12.8. The smallest absolute Gasteiger partial charge is 0.256 e. The average molecular weight is 512 g/mol. The minimum Gasteiger partial charge on any atom is -0.391 e. The number of Topliss-reactive ketones (excluding diaryl/α,β-unsaturated/α-hetero) is 1. The molecule has 190 valence electrons. The first-order valence-corrected chi connectivity index (χ1v) is 13.4. The summed E-state index contributed by atoms with van der Waals surface area (Å²) < 4.78 is 25.9. The highest BCUT2D eigenvalue weighted by Crippen LogP contribution is 2.36. The van der Waals surface area contributed by atoms with E-state index in [-0.39, 0.29) is 17.0 Å². The summed E-state index contributed by atoms with van der Waals surface area (Å²) in [7, 11) is -3.48. The van der Waals surface area contributed by atoms with Crippen molar-refractivity contribution in [1.82, 2.24) is 24.1 Å². The van der Waals surface area contributed by atoms with Gasteiger partial charge in [0.25, 0.3) is 10.0 Å². The Labute approximate surface area is 209 Å². The zero-order valence-corrected chi connectivity index (χ0v) is 21.2. The van der Waals surface area contributed by atoms with Crippen LogP contribution in [0.2, 0.25) is 0 Å². The standard InChI is InChI=1S/C24H29N7O4S/c1-14(32)24(2,3)30-19-10-21(26-12-18(19)22(33)15-4-5-15)28-20-8-9-25-23(29-20)16-11-27-31(13-16)36(34,35)17-6-7-17/h8-15,17,32H,4-7H2,1-3H3,(H2,25,26,28,29,30). The number of hydrogen-bond donors (Lipinski definition) is 3. The molecule has 0 amide bonds. The molecule has 12 heteroatoms. The molecule has 0 bridgehead atoms. The van der Waals surface area contributed by atoms with Crippen molar-refractivity contribution in [3.8, 4) is 11.4 Å². The number of aliphatic hydroxyl groups excluding tert-OH is 1. The van der Waals surface area contributed by atoms with E-state index in [1.165, 1.54) is 18.6 Å². The number of hydrogen-bond acceptors (Lipinski definition) is 10. The minimum absolute atomic E-state index is 0.0230. The Morgan fingerprint density at radius 2 is 1.92 bits per heavy atom. The van der Waals surface area contributed by atoms with Crippen LogP contribution >= 0.6 is 0 Å². The molecule has 2 fully saturated rings. The van der Waals surface area contributed by atoms with Gasteiger partial charge in [-0.05, 0) is 52.5 Å². The van der Waals surface area contributed by atoms with Gasteiger partial charge in [0.05, 0.1) is 46.1 Å². The number of aromatic nitrogens is 5. The van der Waals surface area contributed by atoms with Crippen LogP contribution in [-0.4, -0.2) is 60.3 Å². The quantitative estimate of drug-likeness (QED) is 0.346. The summed E-state index contributed by atoms with van der Waals surface area (Å²) in [6.07, 6.45) is 8.32. The van der Waals surface area contributed by atoms with Gasteiger partial charge in [0.15, 0.2) is 11.6 Å². The number of pyridine rings is 1. The van der Waals surface area contributed by atoms with Crippen LogP contribution in [0, 0.1) is 5.92 Å². The van der Waals surface area contributed by atoms with E-state index in [0.717, 1.165) is 16.9 Å². The molecule has 2 aliphatic rings. The Morgan fingerprint density at radius 1 is 1.17 bits per heavy atom. The Balaban J connectivity index is 1.40. The van der Waals surface area contributed by atoms with Crippen LogP contribution in [-0.2, 0) is 10.0 Å². The molecule has 1 atom stereocenters. The first-order chi connectivity index (χ1) is 17.0. The molecule has 3 heterocycles. The predicted octanol–water partition coefficient (Wildman–Crippen LogP) is 2.98. The van der Waals surface area contributed by atoms with E-state index in [4.69, 9.17) is 0 Å². The zero-order valence-electron chi connectivity index (χ0n) is 20.3. The zero-order chi connectivity index (χ0) is 25.7. The molecule has 3 aromatic rings. The molecule has 3 N–H and O–H groups in total. The van der Waals surface area contributed by atoms with Crippen molar-refractivity contribution in [2.24, 2.45) is 5.92 Å². The van der Waals surface area contributed by atoms with Gasteiger partial charge in [0, 0.05) is 24.4 Å². The van der Waals surface area contributed by atoms with Crippen LogP contribution in [0.3, 0.4) is 0 Å². The predicted molar refractivity (Wildman–Crippen MR) is 135 cm³/mol. The van der Waals surface area contributed by atoms with E-state index < -0.39 is 21.7 Å². The molecular weight excluding hydrogens is 482 g/mol. The molecule has 0 radical (unpaired) electrons. The monoisotopic (exact) mass is 511 g/mol. The Hall–Kier alpha value is -3.38. The second-order valence-corrected chi connectivity index (χ2v) is 12.1. The SMILES string of the molecule is CC(O)C(C)(C)Nc1cc(Nc2ccnc(-c3cnn(S(=O)(=O)C4CC4)c3)n2)ncc1C(=O)C1CC1. The highest BCUT2D eigenvalue weighted by molar-refractivity contribution is 7.90. The van der Waals surface area contributed by atoms with Crippen molar-refractivity contribution in [3.63, 3.8) is 0 Å². The lowest BCUT2D eigenvalue weighted by atomic mass is 9.97. The molecule has 2 saturated carbocycles. The molecular formula is C24H29N7O4S. The number of carbonyl (C=O) groups excluding carboxylic acids is 1. The van der Waals surface area contributed by atoms with Crippen molar-refractivity contribution in [3.05, 3.63) is 42.5 Å². The summed E-state index contributed by atoms with van der Waals surface area (Å²) >= 11 is 0. The molecule has 1 unspecified atom stereocenters. The van der Waals surface area contributed by atoms with E-state index in [0.29, 0.717) is 47.1 Å². The third-order valence-corrected chi connectivity index (χ3v) is 8.59. The fourth-order valence-electron chi connectivity index (χ4n) is 3.62. The normalized spacial score (nSPS) is 17.0. The van der Waals surface area contributed by atoms with Gasteiger partial charge < -0.3 is 15.7 Å². The Bertz CT molecular complexity index is 1410. The first-order valence-electron chi connectivity index (χ1n) is 11.9. The summed E-state index contributed by atoms with van der Waals surface area (Å²) in [5.41, 5.74) is 0.864. The van der Waals surface area contributed by atoms with Gasteiger partial charge in [-0.3, -0.25) is 4.79 Å². The van der Waals surface area contributed by atoms with Crippen LogP contribution in [0.15, 0.2) is 36.9 Å². The number of carbonyl (C=O) groups is 1. The van der Waals surface area contributed by atoms with Gasteiger partial charge in [-0.25, -0.2) is 23.4 Å². The highest BCUT2D eigenvalue weighted by Gasteiger charge is 2.38. The summed E-state index contributed by atoms with van der Waals surface area (Å²) in [4.78, 5) is 26.0. The van der Waals surface area contributed by atoms with Gasteiger partial charge in [-0.1, -0.05) is 0 Å². The summed E-state index contributed by atoms with van der Waals surface area (Å²) in [5.74, 6) is 1.26. The van der Waals surface area contributed by atoms with Crippen molar-refractivity contribution >= 4 is 33.1 Å². The van der Waals surface area contributed by atoms with Crippen molar-refractivity contribution in [2.75, 3.05) is 10.6 Å². The second kappa shape index (κ2) is 8.93. The maximum absolute atomic E-state index is 12.8. The molecule has 0 aromatic carbocycles. The lowest BCUT2D eigenvalue weighted by Gasteiger charge is -2.31. The fraction of sp³-hybridized carbons (Fsp3) is 0.458. The van der Waals surface area contributed by atoms with E-state index in [1.807, 2.05) is 13.8 Å². The van der Waals surface area contributed by atoms with E-state index in [2.05, 4.69) is 30.7 Å². The lowest BCUT2D eigenvalue weighted by molar-refractivity contribution is 0.0967. The van der Waals surface area contributed by atoms with Crippen LogP contribution in [0.4, 0.5) is 17.3 Å². The molecule has 0 saturated heterocycles. The van der Waals surface area contributed by atoms with Crippen molar-refractivity contribution in [1.29, 1.82) is 0 Å². The van der Waals surface area contributed by atoms with E-state index in [1.54, 1.807) is 25.3 Å². The van der Waals surface area contributed by atoms with Crippen LogP contribution in [0.25, 0.3) is 11.4 Å². The highest BCUT2D eigenvalue weighted by atomic mass is 32.2. The van der Waals surface area contributed by atoms with Gasteiger partial charge in [0.1, 0.15) is 11.6 Å². The van der Waals surface area contributed by atoms with Crippen LogP contribution in [0.5, 0.6) is 0 Å². The molecule has 3 aromatic heterocycles. The number of anilines is 3. The lowest BCUT2D eigenvalue weighted by Crippen LogP contribution is -2.42. The number of ketones is 1. The Morgan fingerprint density at radius 3 is 2.58 bits per heavy atom. The van der Waals surface area contributed by atoms with Gasteiger partial charge in [-0.15, -0.1) is 0 Å². The number of aliphatic hydroxyl groups is 1. The first kappa shape index (κ1) is 24.3. The van der Waals surface area contributed by atoms with Gasteiger partial charge in [0.2, 0.25) is 0 Å². The van der Waals surface area contributed by atoms with Crippen molar-refractivity contribution < 1.29 is 18.3 Å². The topological polar surface area (TPSA) is 152 Å². The van der Waals surface area contributed by atoms with E-state index >= 15 is 0 Å². The molecule has 0 spiro atoms. The number of nitrogens with zero attached hydrogens (tertiary/aromatic N) is 5. The molecule has 2 aliphatic carbocycles. The van der Waals surface area contributed by atoms with Crippen molar-refractivity contribution in [2.45, 2.75) is 63.3 Å². The molecule has 11 nitrogen and oxygen atoms in total. The maximum Gasteiger partial charge on any atom is 0.256 e. The Kier molecular flexibility index (Phi) is 6.03. The third kappa shape index (κ3) is 4.96. The van der Waals surface area contributed by atoms with Gasteiger partial charge in [-0.2, -0.15) is 9.19 Å². The molecule has 5 rings (SSSR count). The molecule has 36 heavy (non-hydrogen) atoms. The fourth-order valence-corrected chi connectivity index (χ4v) is 5.09. The van der Waals surface area contributed by atoms with Gasteiger partial charge >= 0.3 is 0 Å². The van der Waals surface area contributed by atoms with Crippen LogP contribution in [0.1, 0.15) is 56.8 Å². The van der Waals surface area contributed by atoms with Crippen LogP contribution < -0.4 is 10.6 Å². The summed E-state index contributed by atoms with van der Waals surface area (Å²) in [6.45, 7) is 5.41. The summed E-state index contributed by atoms with van der Waals surface area (Å²) in [5, 5.41) is 20.2. The number of nitrogens with one attached hydrogen (secondary N) is 2. The number of rotatable bonds is 10. The minimum atomic E-state index is -3.48. The molecule has 0 aliphatic heterocycles.